The molecule has 1 atom stereocenters. The van der Waals surface area contributed by atoms with Gasteiger partial charge in [-0.25, -0.2) is 14.6 Å². The van der Waals surface area contributed by atoms with Gasteiger partial charge in [-0.1, -0.05) is 6.08 Å². The number of carboxylic acid groups (broad SMARTS) is 2. The van der Waals surface area contributed by atoms with E-state index < -0.39 is 11.9 Å². The number of carbonyl (C=O) groups is 2. The largest absolute Gasteiger partial charge is 0.478 e. The van der Waals surface area contributed by atoms with Crippen LogP contribution in [0.2, 0.25) is 0 Å². The standard InChI is InChI=1S/C6H10N2O.C4H4O4/c1-3-6(2)4-9-5(7)8-6;5-3(6)1-2-4(7)8/h3H,1,4H2,2H3,(H2,7,8);1-2H,(H,5,6)(H,7,8)/b;2-1+. The molecule has 0 spiro atoms. The maximum absolute atomic E-state index is 9.55. The zero-order valence-electron chi connectivity index (χ0n) is 9.29. The van der Waals surface area contributed by atoms with E-state index in [1.54, 1.807) is 6.08 Å². The topological polar surface area (TPSA) is 122 Å². The van der Waals surface area contributed by atoms with Crippen LogP contribution in [0.1, 0.15) is 6.92 Å². The van der Waals surface area contributed by atoms with Gasteiger partial charge in [0, 0.05) is 12.2 Å². The lowest BCUT2D eigenvalue weighted by Crippen LogP contribution is -2.19. The Kier molecular flexibility index (Phi) is 5.45. The van der Waals surface area contributed by atoms with Crippen molar-refractivity contribution in [3.63, 3.8) is 0 Å². The number of carboxylic acids is 2. The molecule has 0 saturated heterocycles. The molecule has 0 saturated carbocycles. The fourth-order valence-corrected chi connectivity index (χ4v) is 0.783. The van der Waals surface area contributed by atoms with Crippen LogP contribution in [0.3, 0.4) is 0 Å². The Morgan fingerprint density at radius 3 is 2.12 bits per heavy atom. The molecule has 0 aromatic heterocycles. The highest BCUT2D eigenvalue weighted by Crippen LogP contribution is 2.16. The number of rotatable bonds is 3. The van der Waals surface area contributed by atoms with Crippen LogP contribution in [0.25, 0.3) is 0 Å². The van der Waals surface area contributed by atoms with Gasteiger partial charge in [0.2, 0.25) is 0 Å². The van der Waals surface area contributed by atoms with Crippen LogP contribution in [-0.2, 0) is 14.3 Å². The van der Waals surface area contributed by atoms with E-state index in [1.165, 1.54) is 0 Å². The van der Waals surface area contributed by atoms with Crippen molar-refractivity contribution in [1.82, 2.24) is 0 Å². The number of aliphatic carboxylic acids is 2. The fraction of sp³-hybridized carbons (Fsp3) is 0.300. The molecule has 7 nitrogen and oxygen atoms in total. The third kappa shape index (κ3) is 6.72. The van der Waals surface area contributed by atoms with Gasteiger partial charge in [0.1, 0.15) is 12.1 Å². The van der Waals surface area contributed by atoms with Gasteiger partial charge in [0.15, 0.2) is 0 Å². The van der Waals surface area contributed by atoms with Crippen LogP contribution >= 0.6 is 0 Å². The summed E-state index contributed by atoms with van der Waals surface area (Å²) in [4.78, 5) is 23.1. The Hall–Kier alpha value is -2.31. The Labute approximate surface area is 97.9 Å². The minimum absolute atomic E-state index is 0.261. The number of ether oxygens (including phenoxy) is 1. The third-order valence-corrected chi connectivity index (χ3v) is 1.69. The average molecular weight is 242 g/mol. The molecule has 0 fully saturated rings. The van der Waals surface area contributed by atoms with Crippen LogP contribution in [0.4, 0.5) is 0 Å². The molecule has 0 aromatic rings. The molecule has 0 aliphatic carbocycles. The summed E-state index contributed by atoms with van der Waals surface area (Å²) in [7, 11) is 0. The highest BCUT2D eigenvalue weighted by molar-refractivity contribution is 5.89. The predicted octanol–water partition coefficient (Wildman–Crippen LogP) is -0.0122. The summed E-state index contributed by atoms with van der Waals surface area (Å²) < 4.78 is 4.92. The quantitative estimate of drug-likeness (QED) is 0.472. The first-order valence-electron chi connectivity index (χ1n) is 4.55. The molecule has 1 heterocycles. The van der Waals surface area contributed by atoms with Gasteiger partial charge in [-0.05, 0) is 6.92 Å². The summed E-state index contributed by atoms with van der Waals surface area (Å²) in [6.45, 7) is 6.04. The first-order valence-corrected chi connectivity index (χ1v) is 4.55. The molecule has 1 aliphatic heterocycles. The maximum atomic E-state index is 9.55. The van der Waals surface area contributed by atoms with E-state index in [0.29, 0.717) is 18.8 Å². The second kappa shape index (κ2) is 6.31. The van der Waals surface area contributed by atoms with Gasteiger partial charge in [-0.15, -0.1) is 6.58 Å². The second-order valence-electron chi connectivity index (χ2n) is 3.31. The lowest BCUT2D eigenvalue weighted by atomic mass is 10.1. The number of nitrogens with zero attached hydrogens (tertiary/aromatic N) is 1. The minimum Gasteiger partial charge on any atom is -0.478 e. The second-order valence-corrected chi connectivity index (χ2v) is 3.31. The molecule has 1 unspecified atom stereocenters. The summed E-state index contributed by atoms with van der Waals surface area (Å²) >= 11 is 0. The molecular weight excluding hydrogens is 228 g/mol. The molecule has 94 valence electrons. The van der Waals surface area contributed by atoms with Crippen molar-refractivity contribution in [2.24, 2.45) is 10.7 Å². The molecule has 0 radical (unpaired) electrons. The van der Waals surface area contributed by atoms with Crippen LogP contribution in [-0.4, -0.2) is 40.3 Å². The summed E-state index contributed by atoms with van der Waals surface area (Å²) in [5.41, 5.74) is 4.98. The Morgan fingerprint density at radius 2 is 1.94 bits per heavy atom. The molecule has 0 amide bonds. The van der Waals surface area contributed by atoms with Crippen LogP contribution in [0.5, 0.6) is 0 Å². The van der Waals surface area contributed by atoms with Crippen molar-refractivity contribution in [2.75, 3.05) is 6.61 Å². The third-order valence-electron chi connectivity index (χ3n) is 1.69. The monoisotopic (exact) mass is 242 g/mol. The van der Waals surface area contributed by atoms with E-state index in [-0.39, 0.29) is 11.6 Å². The summed E-state index contributed by atoms with van der Waals surface area (Å²) in [5.74, 6) is -2.51. The van der Waals surface area contributed by atoms with Crippen molar-refractivity contribution in [3.8, 4) is 0 Å². The van der Waals surface area contributed by atoms with E-state index in [2.05, 4.69) is 11.6 Å². The zero-order chi connectivity index (χ0) is 13.5. The lowest BCUT2D eigenvalue weighted by Gasteiger charge is -2.09. The van der Waals surface area contributed by atoms with Crippen molar-refractivity contribution >= 4 is 18.0 Å². The average Bonchev–Trinajstić information content (AvgIpc) is 2.58. The van der Waals surface area contributed by atoms with Gasteiger partial charge < -0.3 is 20.7 Å². The van der Waals surface area contributed by atoms with Crippen LogP contribution in [0.15, 0.2) is 29.8 Å². The Morgan fingerprint density at radius 1 is 1.47 bits per heavy atom. The molecule has 0 bridgehead atoms. The normalized spacial score (nSPS) is 22.1. The number of amidine groups is 1. The van der Waals surface area contributed by atoms with E-state index >= 15 is 0 Å². The minimum atomic E-state index is -1.26. The molecule has 7 heteroatoms. The van der Waals surface area contributed by atoms with Gasteiger partial charge in [-0.2, -0.15) is 0 Å². The van der Waals surface area contributed by atoms with E-state index in [1.807, 2.05) is 6.92 Å². The Bertz CT molecular complexity index is 359. The summed E-state index contributed by atoms with van der Waals surface area (Å²) in [6, 6.07) is 0.261. The number of nitrogens with two attached hydrogens (primary N) is 1. The van der Waals surface area contributed by atoms with E-state index in [4.69, 9.17) is 20.7 Å². The maximum Gasteiger partial charge on any atom is 0.328 e. The molecular formula is C10H14N2O5. The van der Waals surface area contributed by atoms with Crippen LogP contribution < -0.4 is 5.73 Å². The fourth-order valence-electron chi connectivity index (χ4n) is 0.783. The molecule has 17 heavy (non-hydrogen) atoms. The van der Waals surface area contributed by atoms with Crippen molar-refractivity contribution < 1.29 is 24.5 Å². The smallest absolute Gasteiger partial charge is 0.328 e. The van der Waals surface area contributed by atoms with Gasteiger partial charge in [0.05, 0.1) is 0 Å². The number of hydrogen-bond acceptors (Lipinski definition) is 5. The van der Waals surface area contributed by atoms with Crippen molar-refractivity contribution in [2.45, 2.75) is 12.5 Å². The van der Waals surface area contributed by atoms with Gasteiger partial charge in [-0.3, -0.25) is 0 Å². The van der Waals surface area contributed by atoms with Gasteiger partial charge >= 0.3 is 11.9 Å². The molecule has 4 N–H and O–H groups in total. The van der Waals surface area contributed by atoms with Crippen molar-refractivity contribution in [3.05, 3.63) is 24.8 Å². The van der Waals surface area contributed by atoms with Gasteiger partial charge in [0.25, 0.3) is 6.02 Å². The molecule has 1 rings (SSSR count). The molecule has 1 aliphatic rings. The van der Waals surface area contributed by atoms with Crippen LogP contribution in [0, 0.1) is 0 Å². The zero-order valence-corrected chi connectivity index (χ0v) is 9.29. The Balaban J connectivity index is 0.000000304. The van der Waals surface area contributed by atoms with E-state index in [9.17, 15) is 9.59 Å². The lowest BCUT2D eigenvalue weighted by molar-refractivity contribution is -0.134. The van der Waals surface area contributed by atoms with E-state index in [0.717, 1.165) is 0 Å². The summed E-state index contributed by atoms with van der Waals surface area (Å²) in [5, 5.41) is 15.6. The highest BCUT2D eigenvalue weighted by atomic mass is 16.5. The van der Waals surface area contributed by atoms with Crippen molar-refractivity contribution in [1.29, 1.82) is 0 Å². The highest BCUT2D eigenvalue weighted by Gasteiger charge is 2.26. The number of hydrogen-bond donors (Lipinski definition) is 3. The first-order chi connectivity index (χ1) is 7.79. The summed E-state index contributed by atoms with van der Waals surface area (Å²) in [6.07, 6.45) is 2.84. The predicted molar refractivity (Wildman–Crippen MR) is 60.6 cm³/mol. The first kappa shape index (κ1) is 14.7. The SMILES string of the molecule is C=CC1(C)COC(N)=N1.O=C(O)/C=C/C(=O)O. The number of aliphatic imine (C=N–C) groups is 1. The molecule has 0 aromatic carbocycles.